The summed E-state index contributed by atoms with van der Waals surface area (Å²) >= 11 is 0. The number of carbonyl (C=O) groups excluding carboxylic acids is 3. The summed E-state index contributed by atoms with van der Waals surface area (Å²) < 4.78 is 0. The molecule has 0 fully saturated rings. The van der Waals surface area contributed by atoms with E-state index in [1.165, 1.54) is 0 Å². The van der Waals surface area contributed by atoms with Crippen LogP contribution in [0.4, 0.5) is 11.4 Å². The van der Waals surface area contributed by atoms with Gasteiger partial charge >= 0.3 is 5.97 Å². The van der Waals surface area contributed by atoms with E-state index in [0.717, 1.165) is 39.2 Å². The molecular weight excluding hydrogens is 598 g/mol. The number of hydrogen-bond donors (Lipinski definition) is 0. The van der Waals surface area contributed by atoms with E-state index in [-0.39, 0.29) is 30.8 Å². The van der Waals surface area contributed by atoms with Gasteiger partial charge in [-0.15, -0.1) is 0 Å². The quantitative estimate of drug-likeness (QED) is 0.0588. The standard InChI is InChI=1S/C41H39N3O4/c1-43(2)36-22-18-32(19-23-36)38(45)26-30-10-14-34(15-11-30)41(42-48-40(47)28-29-8-6-5-7-9-29)35-16-12-31(13-17-35)27-39(46)33-20-24-37(25-21-33)44(3)4/h5-25H,26-28H2,1-4H3. The molecular formula is C41H39N3O4. The molecule has 0 radical (unpaired) electrons. The van der Waals surface area contributed by atoms with Crippen molar-refractivity contribution in [2.75, 3.05) is 38.0 Å². The maximum Gasteiger partial charge on any atom is 0.339 e. The van der Waals surface area contributed by atoms with Gasteiger partial charge in [0.2, 0.25) is 0 Å². The molecule has 0 bridgehead atoms. The number of ketones is 2. The maximum atomic E-state index is 13.0. The molecule has 0 atom stereocenters. The summed E-state index contributed by atoms with van der Waals surface area (Å²) in [6.45, 7) is 0. The highest BCUT2D eigenvalue weighted by molar-refractivity contribution is 6.13. The Morgan fingerprint density at radius 3 is 1.25 bits per heavy atom. The van der Waals surface area contributed by atoms with Gasteiger partial charge in [-0.05, 0) is 65.2 Å². The maximum absolute atomic E-state index is 13.0. The van der Waals surface area contributed by atoms with E-state index in [2.05, 4.69) is 5.16 Å². The highest BCUT2D eigenvalue weighted by Gasteiger charge is 2.14. The molecule has 0 aliphatic rings. The minimum Gasteiger partial charge on any atom is -0.378 e. The van der Waals surface area contributed by atoms with Crippen LogP contribution >= 0.6 is 0 Å². The van der Waals surface area contributed by atoms with Crippen LogP contribution in [0.3, 0.4) is 0 Å². The summed E-state index contributed by atoms with van der Waals surface area (Å²) in [4.78, 5) is 48.1. The Bertz CT molecular complexity index is 1770. The Kier molecular flexibility index (Phi) is 10.9. The van der Waals surface area contributed by atoms with E-state index >= 15 is 0 Å². The molecule has 48 heavy (non-hydrogen) atoms. The summed E-state index contributed by atoms with van der Waals surface area (Å²) in [7, 11) is 7.84. The SMILES string of the molecule is CN(C)c1ccc(C(=O)Cc2ccc(C(=NOC(=O)Cc3ccccc3)c3ccc(CC(=O)c4ccc(N(C)C)cc4)cc3)cc2)cc1. The van der Waals surface area contributed by atoms with Crippen molar-refractivity contribution in [3.05, 3.63) is 166 Å². The monoisotopic (exact) mass is 637 g/mol. The van der Waals surface area contributed by atoms with E-state index in [4.69, 9.17) is 4.84 Å². The van der Waals surface area contributed by atoms with Crippen molar-refractivity contribution in [1.29, 1.82) is 0 Å². The smallest absolute Gasteiger partial charge is 0.339 e. The lowest BCUT2D eigenvalue weighted by molar-refractivity contribution is -0.142. The van der Waals surface area contributed by atoms with Crippen molar-refractivity contribution in [2.45, 2.75) is 19.3 Å². The van der Waals surface area contributed by atoms with Crippen LogP contribution in [0.25, 0.3) is 0 Å². The molecule has 0 saturated carbocycles. The number of nitrogens with zero attached hydrogens (tertiary/aromatic N) is 3. The van der Waals surface area contributed by atoms with Crippen LogP contribution < -0.4 is 9.80 Å². The third-order valence-corrected chi connectivity index (χ3v) is 8.03. The van der Waals surface area contributed by atoms with Gasteiger partial charge in [-0.1, -0.05) is 84.0 Å². The molecule has 0 spiro atoms. The number of benzene rings is 5. The minimum atomic E-state index is -0.483. The summed E-state index contributed by atoms with van der Waals surface area (Å²) in [6, 6.07) is 39.5. The van der Waals surface area contributed by atoms with Gasteiger partial charge in [0.15, 0.2) is 11.6 Å². The zero-order valence-electron chi connectivity index (χ0n) is 27.7. The molecule has 0 unspecified atom stereocenters. The van der Waals surface area contributed by atoms with E-state index in [1.807, 2.05) is 165 Å². The zero-order valence-corrected chi connectivity index (χ0v) is 27.7. The van der Waals surface area contributed by atoms with Crippen LogP contribution in [0.15, 0.2) is 133 Å². The second kappa shape index (κ2) is 15.6. The van der Waals surface area contributed by atoms with Gasteiger partial charge < -0.3 is 14.6 Å². The van der Waals surface area contributed by atoms with Crippen molar-refractivity contribution in [3.63, 3.8) is 0 Å². The molecule has 7 nitrogen and oxygen atoms in total. The third-order valence-electron chi connectivity index (χ3n) is 8.03. The predicted molar refractivity (Wildman–Crippen MR) is 192 cm³/mol. The highest BCUT2D eigenvalue weighted by atomic mass is 16.7. The van der Waals surface area contributed by atoms with Gasteiger partial charge in [-0.25, -0.2) is 4.79 Å². The molecule has 0 aliphatic carbocycles. The molecule has 0 N–H and O–H groups in total. The predicted octanol–water partition coefficient (Wildman–Crippen LogP) is 7.21. The molecule has 7 heteroatoms. The second-order valence-electron chi connectivity index (χ2n) is 12.0. The summed E-state index contributed by atoms with van der Waals surface area (Å²) in [5.41, 5.74) is 7.81. The van der Waals surface area contributed by atoms with Gasteiger partial charge in [0.25, 0.3) is 0 Å². The van der Waals surface area contributed by atoms with Crippen molar-refractivity contribution in [2.24, 2.45) is 5.16 Å². The van der Waals surface area contributed by atoms with E-state index in [1.54, 1.807) is 0 Å². The van der Waals surface area contributed by atoms with Crippen molar-refractivity contribution in [1.82, 2.24) is 0 Å². The Morgan fingerprint density at radius 1 is 0.479 bits per heavy atom. The van der Waals surface area contributed by atoms with Gasteiger partial charge in [-0.2, -0.15) is 0 Å². The van der Waals surface area contributed by atoms with Crippen molar-refractivity contribution in [3.8, 4) is 0 Å². The van der Waals surface area contributed by atoms with Crippen LogP contribution in [0.2, 0.25) is 0 Å². The van der Waals surface area contributed by atoms with Crippen LogP contribution in [-0.2, 0) is 28.9 Å². The fourth-order valence-corrected chi connectivity index (χ4v) is 5.19. The summed E-state index contributed by atoms with van der Waals surface area (Å²) in [5.74, 6) is -0.435. The van der Waals surface area contributed by atoms with Crippen LogP contribution in [0.1, 0.15) is 48.5 Å². The summed E-state index contributed by atoms with van der Waals surface area (Å²) in [5, 5.41) is 4.31. The molecule has 5 rings (SSSR count). The van der Waals surface area contributed by atoms with Gasteiger partial charge in [0.1, 0.15) is 5.71 Å². The number of oxime groups is 1. The van der Waals surface area contributed by atoms with E-state index < -0.39 is 5.97 Å². The van der Waals surface area contributed by atoms with Crippen LogP contribution in [0.5, 0.6) is 0 Å². The molecule has 0 aliphatic heterocycles. The molecule has 0 heterocycles. The van der Waals surface area contributed by atoms with Gasteiger partial charge in [0.05, 0.1) is 6.42 Å². The summed E-state index contributed by atoms with van der Waals surface area (Å²) in [6.07, 6.45) is 0.590. The minimum absolute atomic E-state index is 0.0237. The van der Waals surface area contributed by atoms with E-state index in [9.17, 15) is 14.4 Å². The molecule has 5 aromatic rings. The first-order valence-corrected chi connectivity index (χ1v) is 15.8. The normalized spacial score (nSPS) is 10.6. The number of anilines is 2. The Balaban J connectivity index is 1.33. The molecule has 0 amide bonds. The Morgan fingerprint density at radius 2 is 0.854 bits per heavy atom. The molecule has 0 aromatic heterocycles. The third kappa shape index (κ3) is 8.91. The van der Waals surface area contributed by atoms with Crippen molar-refractivity contribution < 1.29 is 19.2 Å². The fraction of sp³-hybridized carbons (Fsp3) is 0.171. The van der Waals surface area contributed by atoms with Gasteiger partial charge in [-0.3, -0.25) is 9.59 Å². The first kappa shape index (κ1) is 33.5. The molecule has 242 valence electrons. The topological polar surface area (TPSA) is 79.3 Å². The Hall–Kier alpha value is -5.82. The number of carbonyl (C=O) groups is 3. The van der Waals surface area contributed by atoms with E-state index in [0.29, 0.717) is 16.8 Å². The van der Waals surface area contributed by atoms with Crippen LogP contribution in [-0.4, -0.2) is 51.4 Å². The second-order valence-corrected chi connectivity index (χ2v) is 12.0. The fourth-order valence-electron chi connectivity index (χ4n) is 5.19. The lowest BCUT2D eigenvalue weighted by atomic mass is 9.96. The lowest BCUT2D eigenvalue weighted by Crippen LogP contribution is -2.11. The van der Waals surface area contributed by atoms with Gasteiger partial charge in [0, 0.05) is 74.7 Å². The first-order valence-electron chi connectivity index (χ1n) is 15.8. The van der Waals surface area contributed by atoms with Crippen molar-refractivity contribution >= 4 is 34.6 Å². The first-order chi connectivity index (χ1) is 23.2. The average molecular weight is 638 g/mol. The molecule has 5 aromatic carbocycles. The highest BCUT2D eigenvalue weighted by Crippen LogP contribution is 2.19. The van der Waals surface area contributed by atoms with Crippen LogP contribution in [0, 0.1) is 0 Å². The lowest BCUT2D eigenvalue weighted by Gasteiger charge is -2.12. The number of rotatable bonds is 13. The Labute approximate surface area is 282 Å². The zero-order chi connectivity index (χ0) is 34.0. The molecule has 0 saturated heterocycles. The average Bonchev–Trinajstić information content (AvgIpc) is 3.10. The number of hydrogen-bond acceptors (Lipinski definition) is 7. The largest absolute Gasteiger partial charge is 0.378 e. The number of Topliss-reactive ketones (excluding diaryl/α,β-unsaturated/α-hetero) is 2.